The highest BCUT2D eigenvalue weighted by Crippen LogP contribution is 2.12. The molecule has 0 fully saturated rings. The smallest absolute Gasteiger partial charge is 0.216 e. The predicted molar refractivity (Wildman–Crippen MR) is 95.8 cm³/mol. The van der Waals surface area contributed by atoms with Gasteiger partial charge in [0.15, 0.2) is 5.96 Å². The largest absolute Gasteiger partial charge is 0.356 e. The maximum absolute atomic E-state index is 12.1. The average molecular weight is 340 g/mol. The molecule has 6 nitrogen and oxygen atoms in total. The van der Waals surface area contributed by atoms with Crippen LogP contribution in [0.25, 0.3) is 0 Å². The Morgan fingerprint density at radius 2 is 1.83 bits per heavy atom. The van der Waals surface area contributed by atoms with Gasteiger partial charge in [-0.15, -0.1) is 0 Å². The summed E-state index contributed by atoms with van der Waals surface area (Å²) in [4.78, 5) is 4.15. The van der Waals surface area contributed by atoms with Crippen LogP contribution in [0.15, 0.2) is 29.3 Å². The topological polar surface area (TPSA) is 82.6 Å². The summed E-state index contributed by atoms with van der Waals surface area (Å²) < 4.78 is 26.9. The van der Waals surface area contributed by atoms with Gasteiger partial charge in [-0.2, -0.15) is 0 Å². The molecule has 0 atom stereocenters. The van der Waals surface area contributed by atoms with Crippen LogP contribution >= 0.6 is 0 Å². The second-order valence-corrected chi connectivity index (χ2v) is 7.41. The molecule has 0 radical (unpaired) electrons. The monoisotopic (exact) mass is 340 g/mol. The van der Waals surface area contributed by atoms with E-state index in [1.54, 1.807) is 7.05 Å². The van der Waals surface area contributed by atoms with Crippen LogP contribution < -0.4 is 15.4 Å². The third-order valence-corrected chi connectivity index (χ3v) is 4.61. The van der Waals surface area contributed by atoms with Crippen molar-refractivity contribution in [3.05, 3.63) is 35.4 Å². The van der Waals surface area contributed by atoms with Crippen LogP contribution in [0.4, 0.5) is 0 Å². The Labute approximate surface area is 139 Å². The van der Waals surface area contributed by atoms with Crippen molar-refractivity contribution in [2.24, 2.45) is 4.99 Å². The van der Waals surface area contributed by atoms with Gasteiger partial charge in [0.05, 0.1) is 5.75 Å². The van der Waals surface area contributed by atoms with Crippen LogP contribution in [0.5, 0.6) is 0 Å². The van der Waals surface area contributed by atoms with Crippen molar-refractivity contribution in [3.8, 4) is 0 Å². The Bertz CT molecular complexity index is 612. The molecule has 0 unspecified atom stereocenters. The van der Waals surface area contributed by atoms with E-state index in [9.17, 15) is 8.42 Å². The van der Waals surface area contributed by atoms with Crippen molar-refractivity contribution in [2.75, 3.05) is 13.6 Å². The highest BCUT2D eigenvalue weighted by molar-refractivity contribution is 7.88. The molecule has 0 aliphatic heterocycles. The molecule has 0 saturated heterocycles. The van der Waals surface area contributed by atoms with Crippen LogP contribution in [-0.4, -0.2) is 34.0 Å². The van der Waals surface area contributed by atoms with Gasteiger partial charge in [0.1, 0.15) is 0 Å². The van der Waals surface area contributed by atoms with Crippen molar-refractivity contribution in [3.63, 3.8) is 0 Å². The maximum Gasteiger partial charge on any atom is 0.216 e. The molecule has 23 heavy (non-hydrogen) atoms. The molecule has 1 aromatic rings. The number of nitrogens with zero attached hydrogens (tertiary/aromatic N) is 1. The molecule has 0 spiro atoms. The maximum atomic E-state index is 12.1. The molecule has 3 N–H and O–H groups in total. The van der Waals surface area contributed by atoms with Crippen LogP contribution in [0, 0.1) is 0 Å². The normalized spacial score (nSPS) is 12.5. The summed E-state index contributed by atoms with van der Waals surface area (Å²) in [5.74, 6) is 0.689. The molecular weight excluding hydrogens is 312 g/mol. The molecule has 0 amide bonds. The summed E-state index contributed by atoms with van der Waals surface area (Å²) in [6.45, 7) is 7.08. The van der Waals surface area contributed by atoms with Gasteiger partial charge >= 0.3 is 0 Å². The van der Waals surface area contributed by atoms with Crippen LogP contribution in [-0.2, 0) is 22.3 Å². The van der Waals surface area contributed by atoms with Crippen molar-refractivity contribution < 1.29 is 8.42 Å². The SMILES string of the molecule is CCCNC(=NC)NCc1ccccc1CS(=O)(=O)NC(C)C. The van der Waals surface area contributed by atoms with Gasteiger partial charge in [0, 0.05) is 26.2 Å². The quantitative estimate of drug-likeness (QED) is 0.496. The molecule has 0 aromatic heterocycles. The molecule has 0 aliphatic rings. The second kappa shape index (κ2) is 9.52. The molecule has 1 rings (SSSR count). The molecule has 1 aromatic carbocycles. The van der Waals surface area contributed by atoms with E-state index >= 15 is 0 Å². The zero-order valence-corrected chi connectivity index (χ0v) is 15.2. The molecule has 0 aliphatic carbocycles. The van der Waals surface area contributed by atoms with E-state index < -0.39 is 10.0 Å². The van der Waals surface area contributed by atoms with Crippen LogP contribution in [0.3, 0.4) is 0 Å². The average Bonchev–Trinajstić information content (AvgIpc) is 2.47. The number of guanidine groups is 1. The Morgan fingerprint density at radius 1 is 1.17 bits per heavy atom. The molecule has 0 heterocycles. The molecule has 0 saturated carbocycles. The van der Waals surface area contributed by atoms with E-state index in [2.05, 4.69) is 27.3 Å². The number of rotatable bonds is 8. The summed E-state index contributed by atoms with van der Waals surface area (Å²) in [6, 6.07) is 7.43. The van der Waals surface area contributed by atoms with Crippen molar-refractivity contribution >= 4 is 16.0 Å². The Hall–Kier alpha value is -1.60. The Morgan fingerprint density at radius 3 is 2.39 bits per heavy atom. The Balaban J connectivity index is 2.78. The molecule has 0 bridgehead atoms. The lowest BCUT2D eigenvalue weighted by Gasteiger charge is -2.15. The lowest BCUT2D eigenvalue weighted by molar-refractivity contribution is 0.568. The van der Waals surface area contributed by atoms with Gasteiger partial charge in [-0.1, -0.05) is 31.2 Å². The molecular formula is C16H28N4O2S. The first-order valence-electron chi connectivity index (χ1n) is 7.89. The van der Waals surface area contributed by atoms with E-state index in [1.165, 1.54) is 0 Å². The number of sulfonamides is 1. The van der Waals surface area contributed by atoms with E-state index in [-0.39, 0.29) is 11.8 Å². The predicted octanol–water partition coefficient (Wildman–Crippen LogP) is 1.59. The minimum atomic E-state index is -3.34. The highest BCUT2D eigenvalue weighted by atomic mass is 32.2. The zero-order chi connectivity index (χ0) is 17.3. The third kappa shape index (κ3) is 7.47. The molecule has 130 valence electrons. The highest BCUT2D eigenvalue weighted by Gasteiger charge is 2.15. The van der Waals surface area contributed by atoms with Crippen LogP contribution in [0.1, 0.15) is 38.3 Å². The second-order valence-electron chi connectivity index (χ2n) is 5.65. The fourth-order valence-corrected chi connectivity index (χ4v) is 3.61. The van der Waals surface area contributed by atoms with Gasteiger partial charge in [-0.25, -0.2) is 13.1 Å². The van der Waals surface area contributed by atoms with Gasteiger partial charge in [0.25, 0.3) is 0 Å². The number of hydrogen-bond donors (Lipinski definition) is 3. The molecule has 7 heteroatoms. The lowest BCUT2D eigenvalue weighted by Crippen LogP contribution is -2.37. The lowest BCUT2D eigenvalue weighted by atomic mass is 10.1. The van der Waals surface area contributed by atoms with Crippen molar-refractivity contribution in [2.45, 2.75) is 45.5 Å². The van der Waals surface area contributed by atoms with Crippen LogP contribution in [0.2, 0.25) is 0 Å². The van der Waals surface area contributed by atoms with E-state index in [0.717, 1.165) is 24.1 Å². The summed E-state index contributed by atoms with van der Waals surface area (Å²) in [5.41, 5.74) is 1.74. The van der Waals surface area contributed by atoms with E-state index in [4.69, 9.17) is 0 Å². The van der Waals surface area contributed by atoms with Gasteiger partial charge in [0.2, 0.25) is 10.0 Å². The minimum absolute atomic E-state index is 0.0238. The van der Waals surface area contributed by atoms with Crippen molar-refractivity contribution in [1.29, 1.82) is 0 Å². The summed E-state index contributed by atoms with van der Waals surface area (Å²) in [5, 5.41) is 6.40. The summed E-state index contributed by atoms with van der Waals surface area (Å²) in [7, 11) is -1.62. The first kappa shape index (κ1) is 19.4. The van der Waals surface area contributed by atoms with Crippen molar-refractivity contribution in [1.82, 2.24) is 15.4 Å². The Kier molecular flexibility index (Phi) is 8.05. The van der Waals surface area contributed by atoms with E-state index in [0.29, 0.717) is 12.5 Å². The minimum Gasteiger partial charge on any atom is -0.356 e. The van der Waals surface area contributed by atoms with Gasteiger partial charge in [-0.3, -0.25) is 4.99 Å². The third-order valence-electron chi connectivity index (χ3n) is 3.09. The van der Waals surface area contributed by atoms with E-state index in [1.807, 2.05) is 38.1 Å². The number of aliphatic imine (C=N–C) groups is 1. The first-order chi connectivity index (χ1) is 10.9. The fraction of sp³-hybridized carbons (Fsp3) is 0.562. The number of hydrogen-bond acceptors (Lipinski definition) is 3. The van der Waals surface area contributed by atoms with Gasteiger partial charge < -0.3 is 10.6 Å². The zero-order valence-electron chi connectivity index (χ0n) is 14.4. The standard InChI is InChI=1S/C16H28N4O2S/c1-5-10-18-16(17-4)19-11-14-8-6-7-9-15(14)12-23(21,22)20-13(2)3/h6-9,13,20H,5,10-12H2,1-4H3,(H2,17,18,19). The number of benzene rings is 1. The summed E-state index contributed by atoms with van der Waals surface area (Å²) in [6.07, 6.45) is 1.01. The summed E-state index contributed by atoms with van der Waals surface area (Å²) >= 11 is 0. The fourth-order valence-electron chi connectivity index (χ4n) is 2.12. The number of nitrogens with one attached hydrogen (secondary N) is 3. The first-order valence-corrected chi connectivity index (χ1v) is 9.54. The van der Waals surface area contributed by atoms with Gasteiger partial charge in [-0.05, 0) is 31.4 Å².